The summed E-state index contributed by atoms with van der Waals surface area (Å²) in [7, 11) is 0. The second-order valence-electron chi connectivity index (χ2n) is 6.93. The molecule has 3 rings (SSSR count). The summed E-state index contributed by atoms with van der Waals surface area (Å²) in [5.74, 6) is 0.0887. The molecular formula is C21H25ClN3O2+. The van der Waals surface area contributed by atoms with Gasteiger partial charge in [0.2, 0.25) is 0 Å². The number of carbonyl (C=O) groups excluding carboxylic acids is 2. The molecule has 1 atom stereocenters. The molecule has 6 heteroatoms. The Morgan fingerprint density at radius 3 is 2.33 bits per heavy atom. The molecule has 0 saturated carbocycles. The average molecular weight is 387 g/mol. The summed E-state index contributed by atoms with van der Waals surface area (Å²) in [4.78, 5) is 27.9. The van der Waals surface area contributed by atoms with Gasteiger partial charge in [-0.3, -0.25) is 9.59 Å². The van der Waals surface area contributed by atoms with E-state index in [2.05, 4.69) is 5.32 Å². The summed E-state index contributed by atoms with van der Waals surface area (Å²) in [6, 6.07) is 16.8. The minimum atomic E-state index is -0.0601. The molecule has 1 fully saturated rings. The van der Waals surface area contributed by atoms with E-state index in [-0.39, 0.29) is 17.9 Å². The topological polar surface area (TPSA) is 53.9 Å². The predicted molar refractivity (Wildman–Crippen MR) is 106 cm³/mol. The summed E-state index contributed by atoms with van der Waals surface area (Å²) >= 11 is 5.91. The van der Waals surface area contributed by atoms with E-state index < -0.39 is 0 Å². The van der Waals surface area contributed by atoms with E-state index in [9.17, 15) is 9.59 Å². The highest BCUT2D eigenvalue weighted by atomic mass is 35.5. The van der Waals surface area contributed by atoms with E-state index in [0.29, 0.717) is 24.7 Å². The van der Waals surface area contributed by atoms with Crippen LogP contribution in [0.4, 0.5) is 0 Å². The van der Waals surface area contributed by atoms with Crippen LogP contribution in [0, 0.1) is 0 Å². The van der Waals surface area contributed by atoms with Crippen LogP contribution in [0.3, 0.4) is 0 Å². The van der Waals surface area contributed by atoms with Gasteiger partial charge in [-0.25, -0.2) is 0 Å². The molecule has 1 saturated heterocycles. The van der Waals surface area contributed by atoms with Crippen LogP contribution in [-0.4, -0.2) is 49.4 Å². The smallest absolute Gasteiger partial charge is 0.275 e. The molecule has 2 amide bonds. The van der Waals surface area contributed by atoms with Crippen molar-refractivity contribution in [3.63, 3.8) is 0 Å². The Morgan fingerprint density at radius 1 is 1.07 bits per heavy atom. The molecule has 2 N–H and O–H groups in total. The first-order chi connectivity index (χ1) is 13.0. The van der Waals surface area contributed by atoms with Crippen LogP contribution in [0.25, 0.3) is 0 Å². The lowest BCUT2D eigenvalue weighted by molar-refractivity contribution is -0.896. The van der Waals surface area contributed by atoms with Gasteiger partial charge in [0.15, 0.2) is 6.54 Å². The van der Waals surface area contributed by atoms with Gasteiger partial charge in [-0.1, -0.05) is 41.9 Å². The molecule has 1 aliphatic rings. The third-order valence-electron chi connectivity index (χ3n) is 4.94. The first-order valence-corrected chi connectivity index (χ1v) is 9.63. The van der Waals surface area contributed by atoms with Gasteiger partial charge in [0.1, 0.15) is 0 Å². The number of hydrogen-bond acceptors (Lipinski definition) is 2. The molecule has 142 valence electrons. The number of nitrogens with zero attached hydrogens (tertiary/aromatic N) is 1. The fourth-order valence-corrected chi connectivity index (χ4v) is 3.45. The molecule has 0 aromatic heterocycles. The number of piperazine rings is 1. The SMILES string of the molecule is C[C@@H](NC(=O)C[NH+]1CCN(C(=O)c2ccccc2)CC1)c1ccc(Cl)cc1. The molecular weight excluding hydrogens is 362 g/mol. The van der Waals surface area contributed by atoms with Crippen LogP contribution in [0.1, 0.15) is 28.9 Å². The Kier molecular flexibility index (Phi) is 6.48. The number of quaternary nitrogens is 1. The van der Waals surface area contributed by atoms with Crippen LogP contribution in [0.15, 0.2) is 54.6 Å². The maximum absolute atomic E-state index is 12.5. The maximum Gasteiger partial charge on any atom is 0.275 e. The van der Waals surface area contributed by atoms with Crippen molar-refractivity contribution in [3.05, 3.63) is 70.7 Å². The van der Waals surface area contributed by atoms with Crippen molar-refractivity contribution in [3.8, 4) is 0 Å². The summed E-state index contributed by atoms with van der Waals surface area (Å²) in [5, 5.41) is 3.72. The maximum atomic E-state index is 12.5. The lowest BCUT2D eigenvalue weighted by Gasteiger charge is -2.32. The molecule has 0 bridgehead atoms. The molecule has 1 heterocycles. The number of amides is 2. The van der Waals surface area contributed by atoms with Gasteiger partial charge in [0.05, 0.1) is 32.2 Å². The van der Waals surface area contributed by atoms with Crippen molar-refractivity contribution in [1.82, 2.24) is 10.2 Å². The average Bonchev–Trinajstić information content (AvgIpc) is 2.69. The van der Waals surface area contributed by atoms with Gasteiger partial charge in [-0.2, -0.15) is 0 Å². The first-order valence-electron chi connectivity index (χ1n) is 9.25. The van der Waals surface area contributed by atoms with Crippen molar-refractivity contribution >= 4 is 23.4 Å². The number of hydrogen-bond donors (Lipinski definition) is 2. The third-order valence-corrected chi connectivity index (χ3v) is 5.19. The molecule has 0 spiro atoms. The fraction of sp³-hybridized carbons (Fsp3) is 0.333. The van der Waals surface area contributed by atoms with E-state index in [1.165, 1.54) is 4.90 Å². The largest absolute Gasteiger partial charge is 0.345 e. The Balaban J connectivity index is 1.45. The van der Waals surface area contributed by atoms with Gasteiger partial charge in [0.25, 0.3) is 11.8 Å². The van der Waals surface area contributed by atoms with Crippen LogP contribution < -0.4 is 10.2 Å². The Hall–Kier alpha value is -2.37. The normalized spacial score (nSPS) is 16.0. The highest BCUT2D eigenvalue weighted by Gasteiger charge is 2.26. The molecule has 0 unspecified atom stereocenters. The highest BCUT2D eigenvalue weighted by Crippen LogP contribution is 2.15. The predicted octanol–water partition coefficient (Wildman–Crippen LogP) is 1.56. The van der Waals surface area contributed by atoms with E-state index in [1.807, 2.05) is 66.4 Å². The van der Waals surface area contributed by atoms with Crippen molar-refractivity contribution in [2.75, 3.05) is 32.7 Å². The molecule has 2 aromatic carbocycles. The zero-order valence-electron chi connectivity index (χ0n) is 15.5. The molecule has 0 radical (unpaired) electrons. The van der Waals surface area contributed by atoms with Crippen molar-refractivity contribution in [2.24, 2.45) is 0 Å². The second kappa shape index (κ2) is 9.02. The summed E-state index contributed by atoms with van der Waals surface area (Å²) in [6.07, 6.45) is 0. The zero-order chi connectivity index (χ0) is 19.2. The molecule has 0 aliphatic carbocycles. The van der Waals surface area contributed by atoms with Crippen molar-refractivity contribution < 1.29 is 14.5 Å². The van der Waals surface area contributed by atoms with Crippen molar-refractivity contribution in [1.29, 1.82) is 0 Å². The Morgan fingerprint density at radius 2 is 1.70 bits per heavy atom. The summed E-state index contributed by atoms with van der Waals surface area (Å²) in [5.41, 5.74) is 1.75. The van der Waals surface area contributed by atoms with Gasteiger partial charge in [0, 0.05) is 10.6 Å². The van der Waals surface area contributed by atoms with E-state index >= 15 is 0 Å². The first kappa shape index (κ1) is 19.4. The van der Waals surface area contributed by atoms with Gasteiger partial charge in [-0.15, -0.1) is 0 Å². The van der Waals surface area contributed by atoms with E-state index in [4.69, 9.17) is 11.6 Å². The standard InChI is InChI=1S/C21H24ClN3O2/c1-16(17-7-9-19(22)10-8-17)23-20(26)15-24-11-13-25(14-12-24)21(27)18-5-3-2-4-6-18/h2-10,16H,11-15H2,1H3,(H,23,26)/p+1/t16-/m1/s1. The van der Waals surface area contributed by atoms with E-state index in [1.54, 1.807) is 0 Å². The third kappa shape index (κ3) is 5.31. The Bertz CT molecular complexity index is 772. The van der Waals surface area contributed by atoms with Gasteiger partial charge >= 0.3 is 0 Å². The number of nitrogens with one attached hydrogen (secondary N) is 2. The molecule has 5 nitrogen and oxygen atoms in total. The highest BCUT2D eigenvalue weighted by molar-refractivity contribution is 6.30. The molecule has 1 aliphatic heterocycles. The molecule has 2 aromatic rings. The van der Waals surface area contributed by atoms with Crippen LogP contribution >= 0.6 is 11.6 Å². The lowest BCUT2D eigenvalue weighted by atomic mass is 10.1. The lowest BCUT2D eigenvalue weighted by Crippen LogP contribution is -3.15. The fourth-order valence-electron chi connectivity index (χ4n) is 3.32. The van der Waals surface area contributed by atoms with Crippen LogP contribution in [0.2, 0.25) is 5.02 Å². The molecule has 27 heavy (non-hydrogen) atoms. The Labute approximate surface area is 164 Å². The van der Waals surface area contributed by atoms with Crippen molar-refractivity contribution in [2.45, 2.75) is 13.0 Å². The number of carbonyl (C=O) groups is 2. The quantitative estimate of drug-likeness (QED) is 0.819. The zero-order valence-corrected chi connectivity index (χ0v) is 16.2. The minimum absolute atomic E-state index is 0.0234. The number of rotatable bonds is 5. The summed E-state index contributed by atoms with van der Waals surface area (Å²) in [6.45, 7) is 5.28. The van der Waals surface area contributed by atoms with Gasteiger partial charge < -0.3 is 15.1 Å². The van der Waals surface area contributed by atoms with Gasteiger partial charge in [-0.05, 0) is 36.8 Å². The minimum Gasteiger partial charge on any atom is -0.345 e. The van der Waals surface area contributed by atoms with Crippen LogP contribution in [0.5, 0.6) is 0 Å². The number of halogens is 1. The van der Waals surface area contributed by atoms with E-state index in [0.717, 1.165) is 24.2 Å². The number of benzene rings is 2. The monoisotopic (exact) mass is 386 g/mol. The summed E-state index contributed by atoms with van der Waals surface area (Å²) < 4.78 is 0. The van der Waals surface area contributed by atoms with Crippen LogP contribution in [-0.2, 0) is 4.79 Å². The second-order valence-corrected chi connectivity index (χ2v) is 7.36.